The van der Waals surface area contributed by atoms with Gasteiger partial charge in [-0.05, 0) is 18.4 Å². The Labute approximate surface area is 122 Å². The molecule has 0 atom stereocenters. The molecule has 116 valence electrons. The number of hydrogen-bond acceptors (Lipinski definition) is 6. The summed E-state index contributed by atoms with van der Waals surface area (Å²) in [5.41, 5.74) is 5.00. The number of aromatic nitrogens is 1. The van der Waals surface area contributed by atoms with Crippen LogP contribution < -0.4 is 11.1 Å². The van der Waals surface area contributed by atoms with E-state index in [9.17, 15) is 14.9 Å². The third kappa shape index (κ3) is 5.74. The van der Waals surface area contributed by atoms with Crippen LogP contribution in [-0.4, -0.2) is 35.6 Å². The Hall–Kier alpha value is -2.22. The summed E-state index contributed by atoms with van der Waals surface area (Å²) < 4.78 is 5.37. The van der Waals surface area contributed by atoms with Crippen molar-refractivity contribution in [1.82, 2.24) is 10.3 Å². The number of nitro groups is 1. The molecule has 0 aliphatic heterocycles. The lowest BCUT2D eigenvalue weighted by atomic mass is 10.2. The fourth-order valence-corrected chi connectivity index (χ4v) is 1.58. The van der Waals surface area contributed by atoms with E-state index in [1.165, 1.54) is 6.07 Å². The zero-order valence-electron chi connectivity index (χ0n) is 12.2. The molecule has 8 heteroatoms. The standard InChI is InChI=1S/C13H20N4O4/c1-9(2)8-21-5-3-4-15-13(18)10-6-12(14)16-7-11(10)17(19)20/h6-7,9H,3-5,8H2,1-2H3,(H2,14,16)(H,15,18). The van der Waals surface area contributed by atoms with Gasteiger partial charge in [-0.15, -0.1) is 0 Å². The maximum Gasteiger partial charge on any atom is 0.300 e. The third-order valence-corrected chi connectivity index (χ3v) is 2.55. The zero-order chi connectivity index (χ0) is 15.8. The molecule has 1 aromatic heterocycles. The van der Waals surface area contributed by atoms with Crippen LogP contribution in [0.4, 0.5) is 11.5 Å². The number of ether oxygens (including phenoxy) is 1. The van der Waals surface area contributed by atoms with E-state index >= 15 is 0 Å². The summed E-state index contributed by atoms with van der Waals surface area (Å²) in [7, 11) is 0. The quantitative estimate of drug-likeness (QED) is 0.424. The van der Waals surface area contributed by atoms with E-state index in [-0.39, 0.29) is 17.1 Å². The average Bonchev–Trinajstić information content (AvgIpc) is 2.41. The van der Waals surface area contributed by atoms with Crippen LogP contribution in [0.5, 0.6) is 0 Å². The van der Waals surface area contributed by atoms with Crippen molar-refractivity contribution in [3.8, 4) is 0 Å². The van der Waals surface area contributed by atoms with Gasteiger partial charge in [-0.25, -0.2) is 4.98 Å². The van der Waals surface area contributed by atoms with E-state index in [0.717, 1.165) is 6.20 Å². The van der Waals surface area contributed by atoms with Gasteiger partial charge in [0.25, 0.3) is 11.6 Å². The summed E-state index contributed by atoms with van der Waals surface area (Å²) in [6, 6.07) is 1.20. The molecule has 3 N–H and O–H groups in total. The number of rotatable bonds is 8. The van der Waals surface area contributed by atoms with Crippen LogP contribution >= 0.6 is 0 Å². The summed E-state index contributed by atoms with van der Waals surface area (Å²) in [6.45, 7) is 5.67. The molecule has 0 spiro atoms. The number of hydrogen-bond donors (Lipinski definition) is 2. The molecule has 0 saturated heterocycles. The summed E-state index contributed by atoms with van der Waals surface area (Å²) in [5.74, 6) is -0.0206. The van der Waals surface area contributed by atoms with Crippen molar-refractivity contribution < 1.29 is 14.5 Å². The van der Waals surface area contributed by atoms with Gasteiger partial charge in [0.1, 0.15) is 17.6 Å². The predicted molar refractivity (Wildman–Crippen MR) is 77.9 cm³/mol. The molecule has 1 amide bonds. The van der Waals surface area contributed by atoms with E-state index in [1.807, 2.05) is 0 Å². The number of carbonyl (C=O) groups excluding carboxylic acids is 1. The van der Waals surface area contributed by atoms with Crippen molar-refractivity contribution in [2.75, 3.05) is 25.5 Å². The topological polar surface area (TPSA) is 120 Å². The highest BCUT2D eigenvalue weighted by molar-refractivity contribution is 5.98. The first-order valence-electron chi connectivity index (χ1n) is 6.67. The fourth-order valence-electron chi connectivity index (χ4n) is 1.58. The number of anilines is 1. The molecule has 0 radical (unpaired) electrons. The van der Waals surface area contributed by atoms with Gasteiger partial charge in [0.05, 0.1) is 4.92 Å². The predicted octanol–water partition coefficient (Wildman–Crippen LogP) is 1.36. The van der Waals surface area contributed by atoms with E-state index in [1.54, 1.807) is 0 Å². The van der Waals surface area contributed by atoms with Gasteiger partial charge in [-0.3, -0.25) is 14.9 Å². The molecule has 0 aliphatic carbocycles. The second kappa shape index (κ2) is 8.15. The van der Waals surface area contributed by atoms with Gasteiger partial charge in [-0.2, -0.15) is 0 Å². The van der Waals surface area contributed by atoms with E-state index < -0.39 is 10.8 Å². The first-order chi connectivity index (χ1) is 9.91. The molecule has 0 saturated carbocycles. The van der Waals surface area contributed by atoms with Crippen molar-refractivity contribution in [3.63, 3.8) is 0 Å². The number of carbonyl (C=O) groups is 1. The normalized spacial score (nSPS) is 10.6. The number of nitrogens with one attached hydrogen (secondary N) is 1. The molecule has 0 bridgehead atoms. The Kier molecular flexibility index (Phi) is 6.54. The number of pyridine rings is 1. The fraction of sp³-hybridized carbons (Fsp3) is 0.538. The lowest BCUT2D eigenvalue weighted by molar-refractivity contribution is -0.385. The zero-order valence-corrected chi connectivity index (χ0v) is 12.2. The van der Waals surface area contributed by atoms with Crippen molar-refractivity contribution in [1.29, 1.82) is 0 Å². The van der Waals surface area contributed by atoms with Gasteiger partial charge in [-0.1, -0.05) is 13.8 Å². The lowest BCUT2D eigenvalue weighted by Gasteiger charge is -2.08. The van der Waals surface area contributed by atoms with Gasteiger partial charge >= 0.3 is 0 Å². The number of nitrogen functional groups attached to an aromatic ring is 1. The SMILES string of the molecule is CC(C)COCCCNC(=O)c1cc(N)ncc1[N+](=O)[O-]. The molecule has 0 fully saturated rings. The highest BCUT2D eigenvalue weighted by Crippen LogP contribution is 2.18. The van der Waals surface area contributed by atoms with Crippen molar-refractivity contribution in [3.05, 3.63) is 27.9 Å². The molecular weight excluding hydrogens is 276 g/mol. The molecule has 1 rings (SSSR count). The lowest BCUT2D eigenvalue weighted by Crippen LogP contribution is -2.26. The van der Waals surface area contributed by atoms with E-state index in [2.05, 4.69) is 24.1 Å². The maximum absolute atomic E-state index is 11.9. The molecule has 0 unspecified atom stereocenters. The number of nitrogens with two attached hydrogens (primary N) is 1. The van der Waals surface area contributed by atoms with Crippen LogP contribution in [0.2, 0.25) is 0 Å². The smallest absolute Gasteiger partial charge is 0.300 e. The second-order valence-electron chi connectivity index (χ2n) is 4.96. The first kappa shape index (κ1) is 16.8. The highest BCUT2D eigenvalue weighted by Gasteiger charge is 2.20. The highest BCUT2D eigenvalue weighted by atomic mass is 16.6. The minimum absolute atomic E-state index is 0.0611. The Morgan fingerprint density at radius 1 is 1.57 bits per heavy atom. The Balaban J connectivity index is 2.49. The van der Waals surface area contributed by atoms with E-state index in [4.69, 9.17) is 10.5 Å². The molecule has 8 nitrogen and oxygen atoms in total. The molecule has 0 aliphatic rings. The number of amides is 1. The average molecular weight is 296 g/mol. The molecule has 1 aromatic rings. The van der Waals surface area contributed by atoms with Crippen LogP contribution in [0.1, 0.15) is 30.6 Å². The summed E-state index contributed by atoms with van der Waals surface area (Å²) in [5, 5.41) is 13.4. The van der Waals surface area contributed by atoms with Crippen molar-refractivity contribution in [2.45, 2.75) is 20.3 Å². The minimum Gasteiger partial charge on any atom is -0.384 e. The van der Waals surface area contributed by atoms with Gasteiger partial charge in [0.15, 0.2) is 0 Å². The van der Waals surface area contributed by atoms with Crippen LogP contribution in [0.3, 0.4) is 0 Å². The van der Waals surface area contributed by atoms with Crippen molar-refractivity contribution in [2.24, 2.45) is 5.92 Å². The summed E-state index contributed by atoms with van der Waals surface area (Å²) in [4.78, 5) is 25.7. The molecule has 1 heterocycles. The molecule has 21 heavy (non-hydrogen) atoms. The van der Waals surface area contributed by atoms with Gasteiger partial charge in [0.2, 0.25) is 0 Å². The summed E-state index contributed by atoms with van der Waals surface area (Å²) in [6.07, 6.45) is 1.61. The summed E-state index contributed by atoms with van der Waals surface area (Å²) >= 11 is 0. The van der Waals surface area contributed by atoms with Crippen molar-refractivity contribution >= 4 is 17.4 Å². The second-order valence-corrected chi connectivity index (χ2v) is 4.96. The van der Waals surface area contributed by atoms with Crippen LogP contribution in [-0.2, 0) is 4.74 Å². The molecular formula is C13H20N4O4. The number of nitrogens with zero attached hydrogens (tertiary/aromatic N) is 2. The van der Waals surface area contributed by atoms with Gasteiger partial charge in [0, 0.05) is 19.8 Å². The molecule has 0 aromatic carbocycles. The maximum atomic E-state index is 11.9. The van der Waals surface area contributed by atoms with Gasteiger partial charge < -0.3 is 15.8 Å². The monoisotopic (exact) mass is 296 g/mol. The van der Waals surface area contributed by atoms with Crippen LogP contribution in [0.15, 0.2) is 12.3 Å². The van der Waals surface area contributed by atoms with Crippen LogP contribution in [0, 0.1) is 16.0 Å². The third-order valence-electron chi connectivity index (χ3n) is 2.55. The Bertz CT molecular complexity index is 505. The Morgan fingerprint density at radius 2 is 2.29 bits per heavy atom. The minimum atomic E-state index is -0.660. The van der Waals surface area contributed by atoms with E-state index in [0.29, 0.717) is 32.1 Å². The largest absolute Gasteiger partial charge is 0.384 e. The Morgan fingerprint density at radius 3 is 2.90 bits per heavy atom. The first-order valence-corrected chi connectivity index (χ1v) is 6.67. The van der Waals surface area contributed by atoms with Crippen LogP contribution in [0.25, 0.3) is 0 Å².